The molecule has 5 rings (SSSR count). The number of amides is 2. The first-order chi connectivity index (χ1) is 23.8. The fraction of sp³-hybridized carbons (Fsp3) is 0.667. The van der Waals surface area contributed by atoms with Gasteiger partial charge >= 0.3 is 5.97 Å². The fourth-order valence-electron chi connectivity index (χ4n) is 9.65. The number of phenols is 2. The van der Waals surface area contributed by atoms with E-state index < -0.39 is 29.4 Å². The van der Waals surface area contributed by atoms with Gasteiger partial charge in [0.15, 0.2) is 23.9 Å². The van der Waals surface area contributed by atoms with Gasteiger partial charge in [0, 0.05) is 37.8 Å². The topological polar surface area (TPSA) is 179 Å². The number of aliphatic hydroxyl groups is 1. The summed E-state index contributed by atoms with van der Waals surface area (Å²) >= 11 is 0. The normalized spacial score (nSPS) is 29.9. The van der Waals surface area contributed by atoms with Crippen LogP contribution >= 0.6 is 0 Å². The lowest BCUT2D eigenvalue weighted by Gasteiger charge is -2.58. The van der Waals surface area contributed by atoms with Gasteiger partial charge in [0.2, 0.25) is 17.6 Å². The predicted molar refractivity (Wildman–Crippen MR) is 185 cm³/mol. The number of carbonyl (C=O) groups excluding carboxylic acids is 5. The van der Waals surface area contributed by atoms with E-state index in [4.69, 9.17) is 4.74 Å². The molecule has 3 saturated carbocycles. The molecular weight excluding hydrogens is 640 g/mol. The molecule has 11 nitrogen and oxygen atoms in total. The van der Waals surface area contributed by atoms with Gasteiger partial charge in [-0.1, -0.05) is 31.9 Å². The highest BCUT2D eigenvalue weighted by atomic mass is 16.5. The Morgan fingerprint density at radius 3 is 2.36 bits per heavy atom. The SMILES string of the molecule is C[C@]12CCC(=O)C=C1CC[C@H]1[C@H]3CC[C@](O)(C(=O)COC(=O)CCC(=O)NCCCCCC(=O)NCCc4ccc(O)c(O)c4)[C@@]3(C)CC[C@@H]12. The van der Waals surface area contributed by atoms with Crippen LogP contribution in [0.5, 0.6) is 11.5 Å². The Bertz CT molecular complexity index is 1510. The molecule has 11 heteroatoms. The molecule has 0 spiro atoms. The number of aromatic hydroxyl groups is 2. The Kier molecular flexibility index (Phi) is 11.8. The molecule has 0 aromatic heterocycles. The zero-order valence-corrected chi connectivity index (χ0v) is 29.6. The zero-order chi connectivity index (χ0) is 36.1. The minimum atomic E-state index is -1.56. The number of fused-ring (bicyclic) bond motifs is 5. The summed E-state index contributed by atoms with van der Waals surface area (Å²) in [6, 6.07) is 4.56. The second-order valence-corrected chi connectivity index (χ2v) is 15.5. The molecule has 0 aliphatic heterocycles. The molecule has 5 N–H and O–H groups in total. The number of ketones is 2. The molecule has 0 heterocycles. The van der Waals surface area contributed by atoms with Gasteiger partial charge in [-0.3, -0.25) is 24.0 Å². The summed E-state index contributed by atoms with van der Waals surface area (Å²) in [7, 11) is 0. The lowest BCUT2D eigenvalue weighted by atomic mass is 9.46. The summed E-state index contributed by atoms with van der Waals surface area (Å²) < 4.78 is 5.28. The van der Waals surface area contributed by atoms with E-state index in [2.05, 4.69) is 17.6 Å². The van der Waals surface area contributed by atoms with Crippen molar-refractivity contribution in [2.24, 2.45) is 28.6 Å². The van der Waals surface area contributed by atoms with Gasteiger partial charge in [-0.25, -0.2) is 0 Å². The van der Waals surface area contributed by atoms with Crippen LogP contribution in [0, 0.1) is 28.6 Å². The molecule has 4 aliphatic carbocycles. The maximum Gasteiger partial charge on any atom is 0.306 e. The van der Waals surface area contributed by atoms with Gasteiger partial charge in [-0.15, -0.1) is 0 Å². The van der Waals surface area contributed by atoms with Gasteiger partial charge in [0.1, 0.15) is 5.60 Å². The number of nitrogens with one attached hydrogen (secondary N) is 2. The van der Waals surface area contributed by atoms with Crippen LogP contribution in [0.15, 0.2) is 29.8 Å². The number of Topliss-reactive ketones (excluding diaryl/α,β-unsaturated/α-hetero) is 1. The Morgan fingerprint density at radius 2 is 1.58 bits per heavy atom. The Labute approximate surface area is 294 Å². The lowest BCUT2D eigenvalue weighted by Crippen LogP contribution is -2.58. The van der Waals surface area contributed by atoms with Crippen LogP contribution in [0.1, 0.15) is 109 Å². The van der Waals surface area contributed by atoms with Crippen LogP contribution in [0.4, 0.5) is 0 Å². The smallest absolute Gasteiger partial charge is 0.306 e. The molecule has 1 aromatic rings. The number of ether oxygens (including phenoxy) is 1. The van der Waals surface area contributed by atoms with E-state index in [1.807, 2.05) is 13.0 Å². The third-order valence-corrected chi connectivity index (χ3v) is 12.7. The molecule has 6 atom stereocenters. The lowest BCUT2D eigenvalue weighted by molar-refractivity contribution is -0.170. The van der Waals surface area contributed by atoms with E-state index in [1.165, 1.54) is 17.7 Å². The number of phenolic OH excluding ortho intramolecular Hbond substituents is 2. The number of hydrogen-bond donors (Lipinski definition) is 5. The Hall–Kier alpha value is -3.73. The van der Waals surface area contributed by atoms with Crippen LogP contribution in [-0.2, 0) is 35.1 Å². The summed E-state index contributed by atoms with van der Waals surface area (Å²) in [5.74, 6) is -0.619. The van der Waals surface area contributed by atoms with E-state index in [0.29, 0.717) is 69.9 Å². The van der Waals surface area contributed by atoms with E-state index in [0.717, 1.165) is 44.1 Å². The van der Waals surface area contributed by atoms with Crippen molar-refractivity contribution < 1.29 is 44.0 Å². The van der Waals surface area contributed by atoms with Crippen molar-refractivity contribution >= 4 is 29.4 Å². The third-order valence-electron chi connectivity index (χ3n) is 12.7. The van der Waals surface area contributed by atoms with E-state index in [-0.39, 0.29) is 53.3 Å². The highest BCUT2D eigenvalue weighted by molar-refractivity contribution is 5.92. The van der Waals surface area contributed by atoms with Crippen LogP contribution in [0.2, 0.25) is 0 Å². The maximum absolute atomic E-state index is 13.5. The molecule has 3 fully saturated rings. The van der Waals surface area contributed by atoms with E-state index in [1.54, 1.807) is 6.07 Å². The van der Waals surface area contributed by atoms with Crippen molar-refractivity contribution in [1.82, 2.24) is 10.6 Å². The molecule has 1 aromatic carbocycles. The molecule has 0 saturated heterocycles. The van der Waals surface area contributed by atoms with Crippen molar-refractivity contribution in [2.75, 3.05) is 19.7 Å². The molecular formula is C39H54N2O9. The fourth-order valence-corrected chi connectivity index (χ4v) is 9.65. The largest absolute Gasteiger partial charge is 0.504 e. The number of unbranched alkanes of at least 4 members (excludes halogenated alkanes) is 2. The van der Waals surface area contributed by atoms with Crippen LogP contribution in [0.25, 0.3) is 0 Å². The minimum absolute atomic E-state index is 0.00784. The third kappa shape index (κ3) is 7.92. The summed E-state index contributed by atoms with van der Waals surface area (Å²) in [4.78, 5) is 62.4. The first-order valence-corrected chi connectivity index (χ1v) is 18.5. The molecule has 2 amide bonds. The monoisotopic (exact) mass is 694 g/mol. The molecule has 0 bridgehead atoms. The highest BCUT2D eigenvalue weighted by Gasteiger charge is 2.66. The zero-order valence-electron chi connectivity index (χ0n) is 29.6. The van der Waals surface area contributed by atoms with Crippen molar-refractivity contribution in [3.63, 3.8) is 0 Å². The van der Waals surface area contributed by atoms with Gasteiger partial charge in [-0.2, -0.15) is 0 Å². The van der Waals surface area contributed by atoms with Gasteiger partial charge in [-0.05, 0) is 111 Å². The number of esters is 1. The number of carbonyl (C=O) groups is 5. The standard InChI is InChI=1S/C39H54N2O9/c1-37-17-13-27(42)23-26(37)8-9-28-29(37)14-18-38(2)30(28)15-19-39(38,49)33(45)24-50-36(48)12-11-35(47)40-20-5-3-4-6-34(46)41-21-16-25-7-10-31(43)32(44)22-25/h7,10,22-23,28-30,43-44,49H,3-6,8-9,11-21,24H2,1-2H3,(H,40,47)(H,41,46)/t28-,29+,30-,37+,38+,39+/m1/s1. The van der Waals surface area contributed by atoms with Crippen molar-refractivity contribution in [3.05, 3.63) is 35.4 Å². The molecule has 0 radical (unpaired) electrons. The molecule has 50 heavy (non-hydrogen) atoms. The van der Waals surface area contributed by atoms with Gasteiger partial charge in [0.05, 0.1) is 6.42 Å². The number of benzene rings is 1. The second kappa shape index (κ2) is 15.7. The average Bonchev–Trinajstić information content (AvgIpc) is 3.37. The summed E-state index contributed by atoms with van der Waals surface area (Å²) in [5, 5.41) is 36.4. The van der Waals surface area contributed by atoms with Crippen LogP contribution in [0.3, 0.4) is 0 Å². The summed E-state index contributed by atoms with van der Waals surface area (Å²) in [6.45, 7) is 4.67. The molecule has 0 unspecified atom stereocenters. The summed E-state index contributed by atoms with van der Waals surface area (Å²) in [5.41, 5.74) is -0.0574. The van der Waals surface area contributed by atoms with Crippen molar-refractivity contribution in [2.45, 2.75) is 116 Å². The summed E-state index contributed by atoms with van der Waals surface area (Å²) in [6.07, 6.45) is 10.7. The predicted octanol–water partition coefficient (Wildman–Crippen LogP) is 4.59. The first-order valence-electron chi connectivity index (χ1n) is 18.5. The Morgan fingerprint density at radius 1 is 0.840 bits per heavy atom. The van der Waals surface area contributed by atoms with E-state index >= 15 is 0 Å². The minimum Gasteiger partial charge on any atom is -0.504 e. The second-order valence-electron chi connectivity index (χ2n) is 15.5. The van der Waals surface area contributed by atoms with E-state index in [9.17, 15) is 39.3 Å². The average molecular weight is 695 g/mol. The van der Waals surface area contributed by atoms with Crippen LogP contribution < -0.4 is 10.6 Å². The number of rotatable bonds is 15. The Balaban J connectivity index is 0.951. The first kappa shape index (κ1) is 37.5. The molecule has 274 valence electrons. The molecule has 4 aliphatic rings. The van der Waals surface area contributed by atoms with Gasteiger partial charge < -0.3 is 30.7 Å². The number of allylic oxidation sites excluding steroid dienone is 1. The van der Waals surface area contributed by atoms with Crippen LogP contribution in [-0.4, -0.2) is 70.0 Å². The van der Waals surface area contributed by atoms with Gasteiger partial charge in [0.25, 0.3) is 0 Å². The highest BCUT2D eigenvalue weighted by Crippen LogP contribution is 2.67. The number of hydrogen-bond acceptors (Lipinski definition) is 9. The maximum atomic E-state index is 13.5. The van der Waals surface area contributed by atoms with Crippen molar-refractivity contribution in [1.29, 1.82) is 0 Å². The quantitative estimate of drug-likeness (QED) is 0.0998. The van der Waals surface area contributed by atoms with Crippen molar-refractivity contribution in [3.8, 4) is 11.5 Å².